The molecule has 1 saturated carbocycles. The van der Waals surface area contributed by atoms with Crippen LogP contribution in [0.4, 0.5) is 16.3 Å². The van der Waals surface area contributed by atoms with Crippen LogP contribution in [0.2, 0.25) is 0 Å². The van der Waals surface area contributed by atoms with Crippen LogP contribution in [-0.2, 0) is 10.3 Å². The molecule has 1 fully saturated rings. The molecule has 7 rings (SSSR count). The van der Waals surface area contributed by atoms with Gasteiger partial charge in [-0.1, -0.05) is 42.5 Å². The van der Waals surface area contributed by atoms with Gasteiger partial charge in [0.25, 0.3) is 0 Å². The molecule has 7 nitrogen and oxygen atoms in total. The van der Waals surface area contributed by atoms with Crippen LogP contribution < -0.4 is 10.6 Å². The van der Waals surface area contributed by atoms with Gasteiger partial charge in [0.2, 0.25) is 0 Å². The number of aromatic nitrogens is 3. The molecular formula is C33H31N5O2S. The average molecular weight is 562 g/mol. The lowest BCUT2D eigenvalue weighted by molar-refractivity contribution is 0.0377. The molecule has 0 unspecified atom stereocenters. The molecule has 4 heterocycles. The van der Waals surface area contributed by atoms with E-state index >= 15 is 0 Å². The number of hydrogen-bond acceptors (Lipinski definition) is 6. The zero-order valence-electron chi connectivity index (χ0n) is 23.3. The third kappa shape index (κ3) is 4.48. The van der Waals surface area contributed by atoms with E-state index in [0.29, 0.717) is 0 Å². The van der Waals surface area contributed by atoms with Crippen molar-refractivity contribution in [2.75, 3.05) is 5.32 Å². The minimum Gasteiger partial charge on any atom is -0.444 e. The molecule has 0 spiro atoms. The molecule has 5 aromatic rings. The van der Waals surface area contributed by atoms with Gasteiger partial charge in [0.05, 0.1) is 27.5 Å². The Morgan fingerprint density at radius 2 is 1.83 bits per heavy atom. The highest BCUT2D eigenvalue weighted by atomic mass is 32.1. The number of fused-ring (bicyclic) bond motifs is 5. The van der Waals surface area contributed by atoms with Gasteiger partial charge in [0, 0.05) is 17.3 Å². The first-order chi connectivity index (χ1) is 19.8. The molecule has 41 heavy (non-hydrogen) atoms. The van der Waals surface area contributed by atoms with Crippen molar-refractivity contribution in [3.05, 3.63) is 89.9 Å². The lowest BCUT2D eigenvalue weighted by Gasteiger charge is -2.43. The number of ether oxygens (including phenoxy) is 1. The number of benzene rings is 2. The average Bonchev–Trinajstić information content (AvgIpc) is 3.57. The Bertz CT molecular complexity index is 1750. The number of carbonyl (C=O) groups is 1. The number of nitrogens with one attached hydrogen (secondary N) is 2. The first kappa shape index (κ1) is 25.5. The predicted octanol–water partition coefficient (Wildman–Crippen LogP) is 8.29. The Labute approximate surface area is 243 Å². The molecular weight excluding hydrogens is 530 g/mol. The number of rotatable bonds is 4. The molecule has 2 aromatic carbocycles. The van der Waals surface area contributed by atoms with Gasteiger partial charge in [-0.05, 0) is 81.3 Å². The van der Waals surface area contributed by atoms with Crippen LogP contribution in [0.5, 0.6) is 0 Å². The number of amides is 1. The molecule has 1 aliphatic carbocycles. The number of carbonyl (C=O) groups excluding carboxylic acids is 1. The Kier molecular flexibility index (Phi) is 5.97. The first-order valence-electron chi connectivity index (χ1n) is 13.9. The second-order valence-corrected chi connectivity index (χ2v) is 12.6. The molecule has 2 N–H and O–H groups in total. The number of hydrogen-bond donors (Lipinski definition) is 2. The van der Waals surface area contributed by atoms with Gasteiger partial charge >= 0.3 is 6.09 Å². The molecule has 8 heteroatoms. The fourth-order valence-corrected chi connectivity index (χ4v) is 6.45. The molecule has 0 saturated heterocycles. The Balaban J connectivity index is 1.37. The summed E-state index contributed by atoms with van der Waals surface area (Å²) in [5.41, 5.74) is 6.02. The zero-order valence-corrected chi connectivity index (χ0v) is 24.1. The lowest BCUT2D eigenvalue weighted by atomic mass is 9.71. The number of imidazole rings is 1. The summed E-state index contributed by atoms with van der Waals surface area (Å²) in [4.78, 5) is 23.8. The maximum absolute atomic E-state index is 12.7. The highest BCUT2D eigenvalue weighted by molar-refractivity contribution is 7.13. The summed E-state index contributed by atoms with van der Waals surface area (Å²) in [5.74, 6) is 1.64. The topological polar surface area (TPSA) is 81.1 Å². The summed E-state index contributed by atoms with van der Waals surface area (Å²) < 4.78 is 7.82. The summed E-state index contributed by atoms with van der Waals surface area (Å²) >= 11 is 1.68. The van der Waals surface area contributed by atoms with Crippen LogP contribution in [0.3, 0.4) is 0 Å². The standard InChI is InChI=1S/C33H31N5O2S/c1-32(2,3)40-31(39)37-33(17-8-18-33)22-15-13-21(14-16-22)28-27(26-12-7-20-41-26)36-30-23-9-4-5-10-24(23)35-29-25(38(28)30)11-6-19-34-29/h4-7,9-16,19-20H,8,17-18H2,1-3H3,(H,34,35)(H,37,39). The van der Waals surface area contributed by atoms with E-state index in [1.54, 1.807) is 17.5 Å². The van der Waals surface area contributed by atoms with E-state index in [4.69, 9.17) is 14.7 Å². The van der Waals surface area contributed by atoms with E-state index in [1.807, 2.05) is 39.0 Å². The van der Waals surface area contributed by atoms with Crippen molar-refractivity contribution in [1.82, 2.24) is 19.9 Å². The highest BCUT2D eigenvalue weighted by Crippen LogP contribution is 2.46. The maximum atomic E-state index is 12.7. The van der Waals surface area contributed by atoms with Crippen molar-refractivity contribution in [1.29, 1.82) is 0 Å². The number of para-hydroxylation sites is 1. The van der Waals surface area contributed by atoms with Crippen LogP contribution in [0.15, 0.2) is 84.4 Å². The quantitative estimate of drug-likeness (QED) is 0.226. The molecule has 3 aromatic heterocycles. The van der Waals surface area contributed by atoms with E-state index in [0.717, 1.165) is 75.2 Å². The van der Waals surface area contributed by atoms with Crippen LogP contribution in [-0.4, -0.2) is 26.2 Å². The Morgan fingerprint density at radius 3 is 2.54 bits per heavy atom. The third-order valence-corrected chi connectivity index (χ3v) is 8.62. The van der Waals surface area contributed by atoms with Crippen LogP contribution in [0, 0.1) is 0 Å². The minimum atomic E-state index is -0.546. The third-order valence-electron chi connectivity index (χ3n) is 7.74. The van der Waals surface area contributed by atoms with Gasteiger partial charge in [-0.15, -0.1) is 11.3 Å². The Hall–Kier alpha value is -4.43. The smallest absolute Gasteiger partial charge is 0.408 e. The fraction of sp³-hybridized carbons (Fsp3) is 0.242. The molecule has 1 amide bonds. The maximum Gasteiger partial charge on any atom is 0.408 e. The van der Waals surface area contributed by atoms with E-state index in [-0.39, 0.29) is 6.09 Å². The van der Waals surface area contributed by atoms with Gasteiger partial charge in [0.1, 0.15) is 17.1 Å². The van der Waals surface area contributed by atoms with Crippen molar-refractivity contribution in [2.45, 2.75) is 51.2 Å². The molecule has 0 atom stereocenters. The van der Waals surface area contributed by atoms with Crippen molar-refractivity contribution in [2.24, 2.45) is 0 Å². The summed E-state index contributed by atoms with van der Waals surface area (Å²) in [6, 6.07) is 25.0. The van der Waals surface area contributed by atoms with Crippen molar-refractivity contribution < 1.29 is 9.53 Å². The molecule has 0 bridgehead atoms. The van der Waals surface area contributed by atoms with Crippen LogP contribution in [0.1, 0.15) is 45.6 Å². The molecule has 0 radical (unpaired) electrons. The molecule has 206 valence electrons. The van der Waals surface area contributed by atoms with Gasteiger partial charge in [0.15, 0.2) is 5.82 Å². The fourth-order valence-electron chi connectivity index (χ4n) is 5.74. The summed E-state index contributed by atoms with van der Waals surface area (Å²) in [5, 5.41) is 8.79. The Morgan fingerprint density at radius 1 is 1.02 bits per heavy atom. The SMILES string of the molecule is CC(C)(C)OC(=O)NC1(c2ccc(-c3c(-c4cccs4)nc4n3-c3cccnc3Nc3ccccc3-4)cc2)CCC1. The largest absolute Gasteiger partial charge is 0.444 e. The second-order valence-electron chi connectivity index (χ2n) is 11.6. The minimum absolute atomic E-state index is 0.377. The van der Waals surface area contributed by atoms with Crippen LogP contribution in [0.25, 0.3) is 38.9 Å². The number of thiophene rings is 1. The molecule has 1 aliphatic heterocycles. The summed E-state index contributed by atoms with van der Waals surface area (Å²) in [7, 11) is 0. The second kappa shape index (κ2) is 9.59. The van der Waals surface area contributed by atoms with E-state index < -0.39 is 11.1 Å². The van der Waals surface area contributed by atoms with Gasteiger partial charge in [-0.25, -0.2) is 14.8 Å². The first-order valence-corrected chi connectivity index (χ1v) is 14.8. The van der Waals surface area contributed by atoms with Crippen molar-refractivity contribution in [3.8, 4) is 38.9 Å². The van der Waals surface area contributed by atoms with E-state index in [2.05, 4.69) is 75.2 Å². The van der Waals surface area contributed by atoms with Gasteiger partial charge in [-0.3, -0.25) is 4.57 Å². The number of nitrogens with zero attached hydrogens (tertiary/aromatic N) is 3. The summed E-state index contributed by atoms with van der Waals surface area (Å²) in [6.07, 6.45) is 4.26. The van der Waals surface area contributed by atoms with Gasteiger partial charge in [-0.2, -0.15) is 0 Å². The zero-order chi connectivity index (χ0) is 28.2. The number of alkyl carbamates (subject to hydrolysis) is 1. The monoisotopic (exact) mass is 561 g/mol. The van der Waals surface area contributed by atoms with Gasteiger partial charge < -0.3 is 15.4 Å². The number of anilines is 2. The van der Waals surface area contributed by atoms with Crippen molar-refractivity contribution >= 4 is 28.9 Å². The number of pyridine rings is 1. The predicted molar refractivity (Wildman–Crippen MR) is 164 cm³/mol. The van der Waals surface area contributed by atoms with Crippen LogP contribution >= 0.6 is 11.3 Å². The van der Waals surface area contributed by atoms with E-state index in [1.165, 1.54) is 0 Å². The molecule has 2 aliphatic rings. The highest BCUT2D eigenvalue weighted by Gasteiger charge is 2.41. The van der Waals surface area contributed by atoms with E-state index in [9.17, 15) is 4.79 Å². The lowest BCUT2D eigenvalue weighted by Crippen LogP contribution is -2.52. The van der Waals surface area contributed by atoms with Crippen molar-refractivity contribution in [3.63, 3.8) is 0 Å². The summed E-state index contributed by atoms with van der Waals surface area (Å²) in [6.45, 7) is 5.65. The normalized spacial score (nSPS) is 14.9.